The van der Waals surface area contributed by atoms with E-state index in [4.69, 9.17) is 0 Å². The van der Waals surface area contributed by atoms with Gasteiger partial charge in [-0.2, -0.15) is 0 Å². The lowest BCUT2D eigenvalue weighted by atomic mass is 9.69. The maximum Gasteiger partial charge on any atom is 0.143 e. The number of allylic oxidation sites excluding steroid dienone is 8. The summed E-state index contributed by atoms with van der Waals surface area (Å²) in [5.74, 6) is 7.05. The molecular formula is C20H26O. The highest BCUT2D eigenvalue weighted by atomic mass is 16.1. The van der Waals surface area contributed by atoms with Gasteiger partial charge in [-0.25, -0.2) is 0 Å². The maximum absolute atomic E-state index is 10.3. The van der Waals surface area contributed by atoms with Gasteiger partial charge in [-0.15, -0.1) is 0 Å². The van der Waals surface area contributed by atoms with Crippen LogP contribution in [-0.4, -0.2) is 6.29 Å². The third-order valence-electron chi connectivity index (χ3n) is 3.94. The summed E-state index contributed by atoms with van der Waals surface area (Å²) in [6.45, 7) is 10.7. The molecule has 1 atom stereocenters. The Kier molecular flexibility index (Phi) is 6.43. The van der Waals surface area contributed by atoms with Crippen LogP contribution in [0.1, 0.15) is 47.5 Å². The minimum absolute atomic E-state index is 0.255. The third kappa shape index (κ3) is 5.60. The molecule has 0 N–H and O–H groups in total. The van der Waals surface area contributed by atoms with Crippen LogP contribution < -0.4 is 0 Å². The van der Waals surface area contributed by atoms with E-state index in [-0.39, 0.29) is 5.41 Å². The van der Waals surface area contributed by atoms with Gasteiger partial charge in [-0.1, -0.05) is 55.6 Å². The van der Waals surface area contributed by atoms with Crippen LogP contribution in [0.3, 0.4) is 0 Å². The largest absolute Gasteiger partial charge is 0.299 e. The average Bonchev–Trinajstić information content (AvgIpc) is 2.37. The van der Waals surface area contributed by atoms with Crippen molar-refractivity contribution in [2.45, 2.75) is 47.5 Å². The van der Waals surface area contributed by atoms with Gasteiger partial charge in [0, 0.05) is 5.92 Å². The van der Waals surface area contributed by atoms with E-state index in [1.807, 2.05) is 32.1 Å². The molecule has 21 heavy (non-hydrogen) atoms. The van der Waals surface area contributed by atoms with Crippen LogP contribution >= 0.6 is 0 Å². The van der Waals surface area contributed by atoms with Crippen molar-refractivity contribution < 1.29 is 4.79 Å². The van der Waals surface area contributed by atoms with E-state index in [0.29, 0.717) is 5.92 Å². The molecule has 1 heteroatoms. The van der Waals surface area contributed by atoms with Gasteiger partial charge in [0.05, 0.1) is 0 Å². The van der Waals surface area contributed by atoms with Crippen molar-refractivity contribution in [2.24, 2.45) is 11.3 Å². The Morgan fingerprint density at radius 3 is 2.67 bits per heavy atom. The number of hydrogen-bond donors (Lipinski definition) is 0. The van der Waals surface area contributed by atoms with Gasteiger partial charge in [-0.05, 0) is 56.3 Å². The SMILES string of the molecule is CC1=CCCC(C)(C)C1C#C/C(C)=C/C=C/C(C)=C/C=O. The first kappa shape index (κ1) is 17.2. The van der Waals surface area contributed by atoms with E-state index in [0.717, 1.165) is 23.9 Å². The first-order chi connectivity index (χ1) is 9.86. The topological polar surface area (TPSA) is 17.1 Å². The second-order valence-corrected chi connectivity index (χ2v) is 6.43. The Morgan fingerprint density at radius 2 is 2.05 bits per heavy atom. The number of carbonyl (C=O) groups is 1. The van der Waals surface area contributed by atoms with Crippen molar-refractivity contribution in [1.82, 2.24) is 0 Å². The molecule has 112 valence electrons. The smallest absolute Gasteiger partial charge is 0.143 e. The number of rotatable bonds is 3. The zero-order valence-electron chi connectivity index (χ0n) is 13.9. The monoisotopic (exact) mass is 282 g/mol. The summed E-state index contributed by atoms with van der Waals surface area (Å²) in [6, 6.07) is 0. The zero-order valence-corrected chi connectivity index (χ0v) is 13.9. The van der Waals surface area contributed by atoms with Crippen LogP contribution in [0.5, 0.6) is 0 Å². The molecule has 0 radical (unpaired) electrons. The molecule has 1 rings (SSSR count). The normalized spacial score (nSPS) is 22.5. The fourth-order valence-corrected chi connectivity index (χ4v) is 2.59. The van der Waals surface area contributed by atoms with Crippen LogP contribution in [-0.2, 0) is 4.79 Å². The molecule has 0 aromatic heterocycles. The highest BCUT2D eigenvalue weighted by Gasteiger charge is 2.31. The van der Waals surface area contributed by atoms with Gasteiger partial charge >= 0.3 is 0 Å². The quantitative estimate of drug-likeness (QED) is 0.233. The van der Waals surface area contributed by atoms with Crippen molar-refractivity contribution in [2.75, 3.05) is 0 Å². The maximum atomic E-state index is 10.3. The van der Waals surface area contributed by atoms with Crippen molar-refractivity contribution in [3.63, 3.8) is 0 Å². The first-order valence-electron chi connectivity index (χ1n) is 7.52. The lowest BCUT2D eigenvalue weighted by Crippen LogP contribution is -2.26. The molecule has 0 fully saturated rings. The standard InChI is InChI=1S/C20H26O/c1-16(8-6-9-17(2)13-15-21)11-12-19-18(3)10-7-14-20(19,4)5/h6,8-10,13,15,19H,7,14H2,1-5H3/b9-6+,16-8+,17-13+. The summed E-state index contributed by atoms with van der Waals surface area (Å²) in [5.41, 5.74) is 3.63. The molecule has 1 aliphatic rings. The molecule has 0 amide bonds. The number of hydrogen-bond acceptors (Lipinski definition) is 1. The molecule has 0 aromatic rings. The Bertz CT molecular complexity index is 556. The van der Waals surface area contributed by atoms with Gasteiger partial charge in [-0.3, -0.25) is 4.79 Å². The minimum atomic E-state index is 0.255. The molecule has 0 saturated carbocycles. The van der Waals surface area contributed by atoms with Gasteiger partial charge in [0.25, 0.3) is 0 Å². The summed E-state index contributed by atoms with van der Waals surface area (Å²) >= 11 is 0. The Hall–Kier alpha value is -1.81. The van der Waals surface area contributed by atoms with Crippen LogP contribution in [0, 0.1) is 23.2 Å². The van der Waals surface area contributed by atoms with Gasteiger partial charge in [0.2, 0.25) is 0 Å². The van der Waals surface area contributed by atoms with Crippen LogP contribution in [0.25, 0.3) is 0 Å². The van der Waals surface area contributed by atoms with Crippen LogP contribution in [0.15, 0.2) is 47.1 Å². The van der Waals surface area contributed by atoms with Crippen LogP contribution in [0.2, 0.25) is 0 Å². The van der Waals surface area contributed by atoms with Crippen molar-refractivity contribution in [1.29, 1.82) is 0 Å². The van der Waals surface area contributed by atoms with Gasteiger partial charge in [0.15, 0.2) is 0 Å². The highest BCUT2D eigenvalue weighted by molar-refractivity contribution is 5.66. The van der Waals surface area contributed by atoms with E-state index >= 15 is 0 Å². The molecule has 0 bridgehead atoms. The molecule has 0 heterocycles. The average molecular weight is 282 g/mol. The van der Waals surface area contributed by atoms with Crippen molar-refractivity contribution >= 4 is 6.29 Å². The minimum Gasteiger partial charge on any atom is -0.299 e. The molecule has 1 aliphatic carbocycles. The summed E-state index contributed by atoms with van der Waals surface area (Å²) in [7, 11) is 0. The lowest BCUT2D eigenvalue weighted by Gasteiger charge is -2.35. The fraction of sp³-hybridized carbons (Fsp3) is 0.450. The van der Waals surface area contributed by atoms with Crippen LogP contribution in [0.4, 0.5) is 0 Å². The lowest BCUT2D eigenvalue weighted by molar-refractivity contribution is -0.104. The molecular weight excluding hydrogens is 256 g/mol. The number of carbonyl (C=O) groups excluding carboxylic acids is 1. The molecule has 1 unspecified atom stereocenters. The van der Waals surface area contributed by atoms with E-state index in [1.165, 1.54) is 12.0 Å². The second kappa shape index (κ2) is 7.84. The van der Waals surface area contributed by atoms with E-state index in [9.17, 15) is 4.79 Å². The van der Waals surface area contributed by atoms with Crippen molar-refractivity contribution in [3.8, 4) is 11.8 Å². The zero-order chi connectivity index (χ0) is 15.9. The molecule has 0 aliphatic heterocycles. The molecule has 0 saturated heterocycles. The van der Waals surface area contributed by atoms with E-state index in [1.54, 1.807) is 6.08 Å². The van der Waals surface area contributed by atoms with E-state index < -0.39 is 0 Å². The molecule has 0 spiro atoms. The fourth-order valence-electron chi connectivity index (χ4n) is 2.59. The molecule has 1 nitrogen and oxygen atoms in total. The first-order valence-corrected chi connectivity index (χ1v) is 7.52. The summed E-state index contributed by atoms with van der Waals surface area (Å²) in [4.78, 5) is 10.3. The van der Waals surface area contributed by atoms with Gasteiger partial charge < -0.3 is 0 Å². The summed E-state index contributed by atoms with van der Waals surface area (Å²) in [6.07, 6.45) is 12.9. The number of aldehydes is 1. The second-order valence-electron chi connectivity index (χ2n) is 6.43. The highest BCUT2D eigenvalue weighted by Crippen LogP contribution is 2.40. The van der Waals surface area contributed by atoms with E-state index in [2.05, 4.69) is 38.7 Å². The van der Waals surface area contributed by atoms with Gasteiger partial charge in [0.1, 0.15) is 6.29 Å². The predicted octanol–water partition coefficient (Wildman–Crippen LogP) is 5.02. The van der Waals surface area contributed by atoms with Crippen molar-refractivity contribution in [3.05, 3.63) is 47.1 Å². The Balaban J connectivity index is 2.81. The Morgan fingerprint density at radius 1 is 1.33 bits per heavy atom. The third-order valence-corrected chi connectivity index (χ3v) is 3.94. The predicted molar refractivity (Wildman–Crippen MR) is 90.8 cm³/mol. The Labute approximate surface area is 129 Å². The summed E-state index contributed by atoms with van der Waals surface area (Å²) in [5, 5.41) is 0. The summed E-state index contributed by atoms with van der Waals surface area (Å²) < 4.78 is 0. The molecule has 0 aromatic carbocycles.